The summed E-state index contributed by atoms with van der Waals surface area (Å²) < 4.78 is 267. The second-order valence-electron chi connectivity index (χ2n) is 9.68. The van der Waals surface area contributed by atoms with E-state index >= 15 is 70.2 Å². The molecule has 4 aromatic carbocycles. The second-order valence-corrected chi connectivity index (χ2v) is 9.68. The van der Waals surface area contributed by atoms with Crippen molar-refractivity contribution < 1.29 is 89.2 Å². The van der Waals surface area contributed by atoms with Gasteiger partial charge in [0.2, 0.25) is 46.5 Å². The number of rotatable bonds is 8. The van der Waals surface area contributed by atoms with Gasteiger partial charge in [-0.05, 0) is 0 Å². The van der Waals surface area contributed by atoms with Crippen molar-refractivity contribution in [2.75, 3.05) is 28.4 Å². The first-order chi connectivity index (χ1) is 22.9. The van der Waals surface area contributed by atoms with Crippen LogP contribution in [0.25, 0.3) is 0 Å². The highest BCUT2D eigenvalue weighted by atomic mass is 32.1. The lowest BCUT2D eigenvalue weighted by atomic mass is 9.12. The van der Waals surface area contributed by atoms with Gasteiger partial charge in [0, 0.05) is 0 Å². The van der Waals surface area contributed by atoms with E-state index in [1.165, 1.54) is 0 Å². The Hall–Kier alpha value is -4.63. The van der Waals surface area contributed by atoms with Crippen molar-refractivity contribution >= 4 is 41.5 Å². The van der Waals surface area contributed by atoms with E-state index in [1.807, 2.05) is 0 Å². The minimum Gasteiger partial charge on any atom is -0.491 e. The summed E-state index contributed by atoms with van der Waals surface area (Å²) in [7, 11) is 1.31. The zero-order valence-corrected chi connectivity index (χ0v) is 26.0. The van der Waals surface area contributed by atoms with Gasteiger partial charge in [0.05, 0.1) is 28.4 Å². The Kier molecular flexibility index (Phi) is 11.1. The van der Waals surface area contributed by atoms with E-state index in [0.29, 0.717) is 28.4 Å². The topological polar surface area (TPSA) is 36.9 Å². The predicted molar refractivity (Wildman–Crippen MR) is 147 cm³/mol. The molecule has 0 N–H and O–H groups in total. The maximum atomic E-state index is 16.1. The van der Waals surface area contributed by atoms with E-state index in [1.54, 1.807) is 0 Å². The van der Waals surface area contributed by atoms with E-state index in [-0.39, 0.29) is 13.5 Å². The van der Waals surface area contributed by atoms with E-state index in [2.05, 4.69) is 18.9 Å². The van der Waals surface area contributed by atoms with E-state index in [9.17, 15) is 0 Å². The van der Waals surface area contributed by atoms with Crippen LogP contribution in [0.4, 0.5) is 70.2 Å². The molecule has 0 spiro atoms. The summed E-state index contributed by atoms with van der Waals surface area (Å²) in [5, 5.41) is 0. The first kappa shape index (κ1) is 39.8. The van der Waals surface area contributed by atoms with Crippen LogP contribution in [0.2, 0.25) is 0 Å². The minimum absolute atomic E-state index is 0. The summed E-state index contributed by atoms with van der Waals surface area (Å²) in [6.07, 6.45) is -6.80. The van der Waals surface area contributed by atoms with E-state index in [4.69, 9.17) is 0 Å². The Morgan fingerprint density at radius 1 is 0.260 bits per heavy atom. The number of hydrogen-bond donors (Lipinski definition) is 0. The smallest absolute Gasteiger partial charge is 0.200 e. The molecule has 4 nitrogen and oxygen atoms in total. The molecule has 0 amide bonds. The van der Waals surface area contributed by atoms with Gasteiger partial charge in [0.1, 0.15) is 52.7 Å². The second kappa shape index (κ2) is 13.9. The summed E-state index contributed by atoms with van der Waals surface area (Å²) >= 11 is 0. The lowest BCUT2D eigenvalue weighted by Gasteiger charge is -2.45. The fraction of sp³-hybridized carbons (Fsp3) is 0.143. The van der Waals surface area contributed by atoms with Crippen LogP contribution >= 0.6 is 0 Å². The highest BCUT2D eigenvalue weighted by Crippen LogP contribution is 2.36. The van der Waals surface area contributed by atoms with Crippen LogP contribution in [0.1, 0.15) is 0 Å². The lowest BCUT2D eigenvalue weighted by molar-refractivity contribution is 0.332. The Labute approximate surface area is 275 Å². The third-order valence-corrected chi connectivity index (χ3v) is 7.58. The van der Waals surface area contributed by atoms with Crippen molar-refractivity contribution in [2.45, 2.75) is 0 Å². The van der Waals surface area contributed by atoms with Gasteiger partial charge in [-0.25, -0.2) is 35.1 Å². The van der Waals surface area contributed by atoms with Gasteiger partial charge in [-0.1, -0.05) is 13.5 Å². The predicted octanol–water partition coefficient (Wildman–Crippen LogP) is 4.52. The summed E-state index contributed by atoms with van der Waals surface area (Å²) in [4.78, 5) is 0. The largest absolute Gasteiger partial charge is 0.491 e. The Balaban J connectivity index is 0.00000676. The zero-order chi connectivity index (χ0) is 37.2. The molecule has 0 fully saturated rings. The number of halogens is 16. The average Bonchev–Trinajstić information content (AvgIpc) is 3.06. The normalized spacial score (nSPS) is 11.4. The molecule has 0 atom stereocenters. The molecule has 50 heavy (non-hydrogen) atoms. The third kappa shape index (κ3) is 5.12. The highest BCUT2D eigenvalue weighted by Gasteiger charge is 2.52. The standard InChI is InChI=1S/C28H12BF16O4.H2S/c1-46-25-17(38)9(30)5(10(31)18(25)39)29(6-11(32)19(40)26(47-2)20(41)12(6)33,7-13(34)21(42)27(48-3)22(43)14(7)35)8-15(36)23(44)28(49-4)24(45)16(8)37;/h1-4H3;1H2/q-1;/p+1. The fourth-order valence-electron chi connectivity index (χ4n) is 5.62. The van der Waals surface area contributed by atoms with Crippen molar-refractivity contribution in [2.24, 2.45) is 0 Å². The molecule has 0 aliphatic carbocycles. The van der Waals surface area contributed by atoms with Crippen molar-refractivity contribution in [1.82, 2.24) is 0 Å². The monoisotopic (exact) mass is 762 g/mol. The fourth-order valence-corrected chi connectivity index (χ4v) is 5.62. The molecule has 0 radical (unpaired) electrons. The summed E-state index contributed by atoms with van der Waals surface area (Å²) in [6, 6.07) is 0. The molecule has 0 heterocycles. The van der Waals surface area contributed by atoms with Gasteiger partial charge >= 0.3 is 0 Å². The van der Waals surface area contributed by atoms with Crippen LogP contribution in [0, 0.1) is 93.1 Å². The van der Waals surface area contributed by atoms with Crippen LogP contribution in [0.3, 0.4) is 0 Å². The Morgan fingerprint density at radius 3 is 0.480 bits per heavy atom. The molecule has 4 aromatic rings. The molecular weight excluding hydrogens is 747 g/mol. The molecule has 4 rings (SSSR count). The SMILES string of the molecule is COc1c(F)c(F)c([B-](c2c(F)c(F)c(OC)c(F)c2F)(c2c(F)c(F)c(OC)c(F)c2F)c2c(F)c(F)c(OC)c(F)c2F)c(F)c1F.[SH3+]. The van der Waals surface area contributed by atoms with Crippen molar-refractivity contribution in [3.63, 3.8) is 0 Å². The van der Waals surface area contributed by atoms with E-state index in [0.717, 1.165) is 0 Å². The first-order valence-corrected chi connectivity index (χ1v) is 12.6. The highest BCUT2D eigenvalue weighted by molar-refractivity contribution is 7.37. The maximum Gasteiger partial charge on any atom is 0.200 e. The van der Waals surface area contributed by atoms with E-state index < -0.39 is 144 Å². The molecule has 0 aliphatic heterocycles. The third-order valence-electron chi connectivity index (χ3n) is 7.58. The molecule has 272 valence electrons. The molecule has 0 aliphatic rings. The molecule has 0 saturated heterocycles. The molecule has 0 bridgehead atoms. The number of hydrogen-bond acceptors (Lipinski definition) is 4. The molecular formula is C28H15BF16O4S. The molecule has 0 saturated carbocycles. The molecule has 22 heteroatoms. The zero-order valence-electron chi connectivity index (χ0n) is 24.8. The van der Waals surface area contributed by atoms with Crippen molar-refractivity contribution in [3.8, 4) is 23.0 Å². The van der Waals surface area contributed by atoms with Crippen molar-refractivity contribution in [1.29, 1.82) is 0 Å². The maximum absolute atomic E-state index is 16.1. The number of methoxy groups -OCH3 is 4. The average molecular weight is 762 g/mol. The summed E-state index contributed by atoms with van der Waals surface area (Å²) in [5.74, 6) is -57.7. The van der Waals surface area contributed by atoms with Gasteiger partial charge in [0.25, 0.3) is 0 Å². The quantitative estimate of drug-likeness (QED) is 0.115. The minimum atomic E-state index is -6.80. The summed E-state index contributed by atoms with van der Waals surface area (Å²) in [6.45, 7) is 0. The van der Waals surface area contributed by atoms with Gasteiger partial charge in [-0.3, -0.25) is 0 Å². The van der Waals surface area contributed by atoms with Crippen LogP contribution in [-0.4, -0.2) is 34.6 Å². The molecule has 0 unspecified atom stereocenters. The number of ether oxygens (including phenoxy) is 4. The lowest BCUT2D eigenvalue weighted by Crippen LogP contribution is -2.81. The molecule has 0 aromatic heterocycles. The Morgan fingerprint density at radius 2 is 0.380 bits per heavy atom. The van der Waals surface area contributed by atoms with Crippen LogP contribution in [0.15, 0.2) is 0 Å². The van der Waals surface area contributed by atoms with Crippen LogP contribution in [0.5, 0.6) is 23.0 Å². The Bertz CT molecular complexity index is 1650. The van der Waals surface area contributed by atoms with Crippen LogP contribution < -0.4 is 40.8 Å². The van der Waals surface area contributed by atoms with Gasteiger partial charge < -0.3 is 18.9 Å². The van der Waals surface area contributed by atoms with Gasteiger partial charge in [0.15, 0.2) is 23.0 Å². The van der Waals surface area contributed by atoms with Crippen molar-refractivity contribution in [3.05, 3.63) is 93.1 Å². The van der Waals surface area contributed by atoms with Crippen LogP contribution in [-0.2, 0) is 13.5 Å². The summed E-state index contributed by atoms with van der Waals surface area (Å²) in [5.41, 5.74) is -12.6. The first-order valence-electron chi connectivity index (χ1n) is 12.6. The number of benzene rings is 4. The van der Waals surface area contributed by atoms with Gasteiger partial charge in [-0.2, -0.15) is 35.1 Å². The van der Waals surface area contributed by atoms with Gasteiger partial charge in [-0.15, -0.1) is 21.9 Å².